The SMILES string of the molecule is CCNC(COC1CCCCC1)c1ccccc1OC. The van der Waals surface area contributed by atoms with Crippen molar-refractivity contribution in [2.45, 2.75) is 51.2 Å². The van der Waals surface area contributed by atoms with Crippen molar-refractivity contribution in [1.29, 1.82) is 0 Å². The highest BCUT2D eigenvalue weighted by molar-refractivity contribution is 5.35. The number of benzene rings is 1. The summed E-state index contributed by atoms with van der Waals surface area (Å²) in [6, 6.07) is 8.41. The fraction of sp³-hybridized carbons (Fsp3) is 0.647. The Morgan fingerprint density at radius 2 is 1.95 bits per heavy atom. The molecule has 1 aromatic rings. The van der Waals surface area contributed by atoms with E-state index in [1.807, 2.05) is 12.1 Å². The quantitative estimate of drug-likeness (QED) is 0.824. The molecule has 0 aromatic heterocycles. The van der Waals surface area contributed by atoms with Crippen LogP contribution in [0.15, 0.2) is 24.3 Å². The predicted molar refractivity (Wildman–Crippen MR) is 82.2 cm³/mol. The van der Waals surface area contributed by atoms with Crippen molar-refractivity contribution in [1.82, 2.24) is 5.32 Å². The zero-order valence-electron chi connectivity index (χ0n) is 12.7. The molecule has 3 nitrogen and oxygen atoms in total. The van der Waals surface area contributed by atoms with E-state index < -0.39 is 0 Å². The second-order valence-electron chi connectivity index (χ2n) is 5.45. The van der Waals surface area contributed by atoms with Gasteiger partial charge < -0.3 is 14.8 Å². The van der Waals surface area contributed by atoms with Crippen molar-refractivity contribution in [2.24, 2.45) is 0 Å². The van der Waals surface area contributed by atoms with Gasteiger partial charge in [-0.3, -0.25) is 0 Å². The summed E-state index contributed by atoms with van der Waals surface area (Å²) in [4.78, 5) is 0. The number of hydrogen-bond donors (Lipinski definition) is 1. The maximum atomic E-state index is 6.13. The zero-order chi connectivity index (χ0) is 14.2. The van der Waals surface area contributed by atoms with Crippen molar-refractivity contribution in [3.63, 3.8) is 0 Å². The number of methoxy groups -OCH3 is 1. The van der Waals surface area contributed by atoms with Gasteiger partial charge in [0.25, 0.3) is 0 Å². The van der Waals surface area contributed by atoms with E-state index in [4.69, 9.17) is 9.47 Å². The van der Waals surface area contributed by atoms with E-state index in [-0.39, 0.29) is 6.04 Å². The molecule has 20 heavy (non-hydrogen) atoms. The lowest BCUT2D eigenvalue weighted by Crippen LogP contribution is -2.29. The third-order valence-corrected chi connectivity index (χ3v) is 4.02. The topological polar surface area (TPSA) is 30.5 Å². The van der Waals surface area contributed by atoms with Gasteiger partial charge in [-0.05, 0) is 25.5 Å². The smallest absolute Gasteiger partial charge is 0.123 e. The summed E-state index contributed by atoms with van der Waals surface area (Å²) in [7, 11) is 1.73. The number of rotatable bonds is 7. The lowest BCUT2D eigenvalue weighted by molar-refractivity contribution is 0.0155. The summed E-state index contributed by atoms with van der Waals surface area (Å²) in [5.74, 6) is 0.936. The molecule has 1 fully saturated rings. The first-order chi connectivity index (χ1) is 9.85. The van der Waals surface area contributed by atoms with Crippen LogP contribution in [0, 0.1) is 0 Å². The van der Waals surface area contributed by atoms with E-state index in [0.29, 0.717) is 6.10 Å². The monoisotopic (exact) mass is 277 g/mol. The molecule has 0 spiro atoms. The lowest BCUT2D eigenvalue weighted by atomic mass is 9.97. The van der Waals surface area contributed by atoms with E-state index in [9.17, 15) is 0 Å². The van der Waals surface area contributed by atoms with Crippen LogP contribution in [0.4, 0.5) is 0 Å². The van der Waals surface area contributed by atoms with Crippen LogP contribution in [0.5, 0.6) is 5.75 Å². The first-order valence-corrected chi connectivity index (χ1v) is 7.83. The van der Waals surface area contributed by atoms with Gasteiger partial charge in [-0.15, -0.1) is 0 Å². The summed E-state index contributed by atoms with van der Waals surface area (Å²) in [5.41, 5.74) is 1.19. The number of hydrogen-bond acceptors (Lipinski definition) is 3. The van der Waals surface area contributed by atoms with Crippen molar-refractivity contribution in [3.05, 3.63) is 29.8 Å². The summed E-state index contributed by atoms with van der Waals surface area (Å²) < 4.78 is 11.6. The molecule has 0 bridgehead atoms. The van der Waals surface area contributed by atoms with Gasteiger partial charge in [0.1, 0.15) is 5.75 Å². The second-order valence-corrected chi connectivity index (χ2v) is 5.45. The van der Waals surface area contributed by atoms with Crippen LogP contribution in [-0.4, -0.2) is 26.4 Å². The van der Waals surface area contributed by atoms with E-state index in [1.165, 1.54) is 37.7 Å². The number of likely N-dealkylation sites (N-methyl/N-ethyl adjacent to an activating group) is 1. The average Bonchev–Trinajstić information content (AvgIpc) is 2.52. The minimum absolute atomic E-state index is 0.207. The molecule has 1 aliphatic carbocycles. The Morgan fingerprint density at radius 3 is 2.65 bits per heavy atom. The molecule has 1 N–H and O–H groups in total. The van der Waals surface area contributed by atoms with Gasteiger partial charge in [-0.1, -0.05) is 44.4 Å². The van der Waals surface area contributed by atoms with Crippen molar-refractivity contribution >= 4 is 0 Å². The van der Waals surface area contributed by atoms with Gasteiger partial charge in [0.15, 0.2) is 0 Å². The minimum Gasteiger partial charge on any atom is -0.496 e. The molecule has 2 rings (SSSR count). The van der Waals surface area contributed by atoms with Gasteiger partial charge in [0.05, 0.1) is 25.9 Å². The molecule has 0 amide bonds. The highest BCUT2D eigenvalue weighted by atomic mass is 16.5. The van der Waals surface area contributed by atoms with Crippen molar-refractivity contribution < 1.29 is 9.47 Å². The standard InChI is InChI=1S/C17H27NO2/c1-3-18-16(13-20-14-9-5-4-6-10-14)15-11-7-8-12-17(15)19-2/h7-8,11-12,14,16,18H,3-6,9-10,13H2,1-2H3. The van der Waals surface area contributed by atoms with Crippen LogP contribution in [0.25, 0.3) is 0 Å². The van der Waals surface area contributed by atoms with Crippen LogP contribution < -0.4 is 10.1 Å². The molecule has 1 aliphatic rings. The number of ether oxygens (including phenoxy) is 2. The Balaban J connectivity index is 1.98. The molecular weight excluding hydrogens is 250 g/mol. The highest BCUT2D eigenvalue weighted by Crippen LogP contribution is 2.27. The van der Waals surface area contributed by atoms with Crippen LogP contribution in [0.2, 0.25) is 0 Å². The summed E-state index contributed by atoms with van der Waals surface area (Å²) in [6.45, 7) is 3.78. The van der Waals surface area contributed by atoms with Crippen LogP contribution in [-0.2, 0) is 4.74 Å². The van der Waals surface area contributed by atoms with E-state index in [2.05, 4.69) is 24.4 Å². The minimum atomic E-state index is 0.207. The average molecular weight is 277 g/mol. The van der Waals surface area contributed by atoms with Gasteiger partial charge >= 0.3 is 0 Å². The highest BCUT2D eigenvalue weighted by Gasteiger charge is 2.19. The van der Waals surface area contributed by atoms with Gasteiger partial charge in [0.2, 0.25) is 0 Å². The van der Waals surface area contributed by atoms with Crippen LogP contribution in [0.1, 0.15) is 50.6 Å². The number of para-hydroxylation sites is 1. The Labute approximate surface area is 122 Å². The lowest BCUT2D eigenvalue weighted by Gasteiger charge is -2.26. The van der Waals surface area contributed by atoms with Gasteiger partial charge in [-0.25, -0.2) is 0 Å². The second kappa shape index (κ2) is 8.28. The van der Waals surface area contributed by atoms with E-state index >= 15 is 0 Å². The molecule has 0 heterocycles. The largest absolute Gasteiger partial charge is 0.496 e. The molecule has 3 heteroatoms. The maximum Gasteiger partial charge on any atom is 0.123 e. The van der Waals surface area contributed by atoms with E-state index in [1.54, 1.807) is 7.11 Å². The molecule has 0 aliphatic heterocycles. The summed E-state index contributed by atoms with van der Waals surface area (Å²) in [5, 5.41) is 3.51. The molecule has 1 unspecified atom stereocenters. The van der Waals surface area contributed by atoms with Gasteiger partial charge in [0, 0.05) is 5.56 Å². The third kappa shape index (κ3) is 4.22. The Hall–Kier alpha value is -1.06. The maximum absolute atomic E-state index is 6.13. The Bertz CT molecular complexity index is 388. The molecule has 1 atom stereocenters. The molecule has 0 radical (unpaired) electrons. The fourth-order valence-electron chi connectivity index (χ4n) is 2.92. The van der Waals surface area contributed by atoms with Crippen molar-refractivity contribution in [2.75, 3.05) is 20.3 Å². The fourth-order valence-corrected chi connectivity index (χ4v) is 2.92. The van der Waals surface area contributed by atoms with Crippen LogP contribution in [0.3, 0.4) is 0 Å². The molecule has 1 aromatic carbocycles. The number of nitrogens with one attached hydrogen (secondary N) is 1. The Morgan fingerprint density at radius 1 is 1.20 bits per heavy atom. The third-order valence-electron chi connectivity index (χ3n) is 4.02. The first kappa shape index (κ1) is 15.3. The first-order valence-electron chi connectivity index (χ1n) is 7.83. The van der Waals surface area contributed by atoms with Gasteiger partial charge in [-0.2, -0.15) is 0 Å². The zero-order valence-corrected chi connectivity index (χ0v) is 12.7. The Kier molecular flexibility index (Phi) is 6.34. The summed E-state index contributed by atoms with van der Waals surface area (Å²) >= 11 is 0. The molecule has 0 saturated heterocycles. The normalized spacial score (nSPS) is 17.9. The van der Waals surface area contributed by atoms with E-state index in [0.717, 1.165) is 18.9 Å². The molecular formula is C17H27NO2. The molecule has 1 saturated carbocycles. The van der Waals surface area contributed by atoms with Crippen LogP contribution >= 0.6 is 0 Å². The van der Waals surface area contributed by atoms with Crippen molar-refractivity contribution in [3.8, 4) is 5.75 Å². The predicted octanol–water partition coefficient (Wildman–Crippen LogP) is 3.70. The molecule has 112 valence electrons. The summed E-state index contributed by atoms with van der Waals surface area (Å²) in [6.07, 6.45) is 6.86.